The topological polar surface area (TPSA) is 89.9 Å². The maximum Gasteiger partial charge on any atom is 0.272 e. The highest BCUT2D eigenvalue weighted by Gasteiger charge is 2.30. The van der Waals surface area contributed by atoms with Gasteiger partial charge in [-0.05, 0) is 38.3 Å². The molecular formula is C17H24N6O. The molecule has 0 spiro atoms. The van der Waals surface area contributed by atoms with Gasteiger partial charge in [-0.2, -0.15) is 5.10 Å². The first kappa shape index (κ1) is 16.4. The number of rotatable bonds is 3. The van der Waals surface area contributed by atoms with Crippen LogP contribution in [0.1, 0.15) is 59.8 Å². The van der Waals surface area contributed by atoms with E-state index in [4.69, 9.17) is 5.73 Å². The van der Waals surface area contributed by atoms with Crippen molar-refractivity contribution in [2.45, 2.75) is 46.1 Å². The van der Waals surface area contributed by atoms with Crippen LogP contribution in [0.4, 0.5) is 5.95 Å². The van der Waals surface area contributed by atoms with Crippen LogP contribution in [0.15, 0.2) is 12.1 Å². The Morgan fingerprint density at radius 3 is 2.67 bits per heavy atom. The van der Waals surface area contributed by atoms with Crippen LogP contribution in [0.2, 0.25) is 0 Å². The molecule has 24 heavy (non-hydrogen) atoms. The van der Waals surface area contributed by atoms with Crippen LogP contribution in [-0.2, 0) is 0 Å². The smallest absolute Gasteiger partial charge is 0.272 e. The van der Waals surface area contributed by atoms with Crippen LogP contribution < -0.4 is 5.73 Å². The summed E-state index contributed by atoms with van der Waals surface area (Å²) in [5.74, 6) is 0.261. The number of nitrogens with two attached hydrogens (primary N) is 1. The Morgan fingerprint density at radius 1 is 1.29 bits per heavy atom. The fourth-order valence-electron chi connectivity index (χ4n) is 3.19. The predicted molar refractivity (Wildman–Crippen MR) is 91.8 cm³/mol. The highest BCUT2D eigenvalue weighted by atomic mass is 16.2. The minimum absolute atomic E-state index is 0.0879. The SMILES string of the molecule is Cc1cc(C)n(C2CCN(C(=O)c3cc(C(C)C)nc(N)n3)C2)n1. The maximum absolute atomic E-state index is 12.8. The zero-order valence-electron chi connectivity index (χ0n) is 14.7. The molecule has 1 atom stereocenters. The van der Waals surface area contributed by atoms with Crippen molar-refractivity contribution in [3.63, 3.8) is 0 Å². The number of carbonyl (C=O) groups is 1. The van der Waals surface area contributed by atoms with Crippen molar-refractivity contribution in [2.24, 2.45) is 0 Å². The van der Waals surface area contributed by atoms with Crippen molar-refractivity contribution in [3.8, 4) is 0 Å². The number of amides is 1. The molecule has 0 aliphatic carbocycles. The number of hydrogen-bond donors (Lipinski definition) is 1. The number of anilines is 1. The van der Waals surface area contributed by atoms with Crippen LogP contribution in [0.3, 0.4) is 0 Å². The van der Waals surface area contributed by atoms with Crippen LogP contribution in [0.5, 0.6) is 0 Å². The summed E-state index contributed by atoms with van der Waals surface area (Å²) >= 11 is 0. The van der Waals surface area contributed by atoms with Gasteiger partial charge in [0.05, 0.1) is 11.7 Å². The lowest BCUT2D eigenvalue weighted by Gasteiger charge is -2.18. The number of hydrogen-bond acceptors (Lipinski definition) is 5. The molecular weight excluding hydrogens is 304 g/mol. The average Bonchev–Trinajstić information content (AvgIpc) is 3.12. The number of carbonyl (C=O) groups excluding carboxylic acids is 1. The lowest BCUT2D eigenvalue weighted by Crippen LogP contribution is -2.30. The molecule has 2 N–H and O–H groups in total. The normalized spacial score (nSPS) is 17.7. The van der Waals surface area contributed by atoms with Crippen molar-refractivity contribution in [1.29, 1.82) is 0 Å². The fourth-order valence-corrected chi connectivity index (χ4v) is 3.19. The first-order valence-corrected chi connectivity index (χ1v) is 8.31. The van der Waals surface area contributed by atoms with Crippen LogP contribution in [0, 0.1) is 13.8 Å². The van der Waals surface area contributed by atoms with E-state index >= 15 is 0 Å². The third kappa shape index (κ3) is 3.11. The predicted octanol–water partition coefficient (Wildman–Crippen LogP) is 2.08. The maximum atomic E-state index is 12.8. The highest BCUT2D eigenvalue weighted by Crippen LogP contribution is 2.25. The summed E-state index contributed by atoms with van der Waals surface area (Å²) in [6, 6.07) is 4.02. The van der Waals surface area contributed by atoms with E-state index in [1.54, 1.807) is 6.07 Å². The minimum Gasteiger partial charge on any atom is -0.368 e. The van der Waals surface area contributed by atoms with Crippen molar-refractivity contribution in [1.82, 2.24) is 24.6 Å². The molecule has 2 aromatic heterocycles. The van der Waals surface area contributed by atoms with Crippen LogP contribution >= 0.6 is 0 Å². The Hall–Kier alpha value is -2.44. The highest BCUT2D eigenvalue weighted by molar-refractivity contribution is 5.92. The standard InChI is InChI=1S/C17H24N6O/c1-10(2)14-8-15(20-17(18)19-14)16(24)22-6-5-13(9-22)23-12(4)7-11(3)21-23/h7-8,10,13H,5-6,9H2,1-4H3,(H2,18,19,20). The molecule has 1 aliphatic rings. The van der Waals surface area contributed by atoms with Crippen molar-refractivity contribution in [2.75, 3.05) is 18.8 Å². The lowest BCUT2D eigenvalue weighted by atomic mass is 10.1. The van der Waals surface area contributed by atoms with E-state index in [1.807, 2.05) is 37.3 Å². The molecule has 128 valence electrons. The fraction of sp³-hybridized carbons (Fsp3) is 0.529. The number of aryl methyl sites for hydroxylation is 2. The Bertz CT molecular complexity index is 766. The number of likely N-dealkylation sites (tertiary alicyclic amines) is 1. The Balaban J connectivity index is 1.78. The van der Waals surface area contributed by atoms with Crippen molar-refractivity contribution < 1.29 is 4.79 Å². The van der Waals surface area contributed by atoms with Gasteiger partial charge in [-0.1, -0.05) is 13.8 Å². The third-order valence-corrected chi connectivity index (χ3v) is 4.41. The Morgan fingerprint density at radius 2 is 2.04 bits per heavy atom. The summed E-state index contributed by atoms with van der Waals surface area (Å²) in [5, 5.41) is 4.54. The van der Waals surface area contributed by atoms with E-state index in [1.165, 1.54) is 0 Å². The molecule has 7 nitrogen and oxygen atoms in total. The number of nitrogen functional groups attached to an aromatic ring is 1. The molecule has 1 saturated heterocycles. The van der Waals surface area contributed by atoms with Crippen molar-refractivity contribution >= 4 is 11.9 Å². The first-order chi connectivity index (χ1) is 11.3. The molecule has 0 radical (unpaired) electrons. The molecule has 0 aromatic carbocycles. The molecule has 7 heteroatoms. The zero-order chi connectivity index (χ0) is 17.4. The van der Waals surface area contributed by atoms with Gasteiger partial charge >= 0.3 is 0 Å². The van der Waals surface area contributed by atoms with Gasteiger partial charge in [-0.25, -0.2) is 9.97 Å². The molecule has 1 fully saturated rings. The average molecular weight is 328 g/mol. The minimum atomic E-state index is -0.0879. The van der Waals surface area contributed by atoms with E-state index in [9.17, 15) is 4.79 Å². The summed E-state index contributed by atoms with van der Waals surface area (Å²) in [6.07, 6.45) is 0.894. The lowest BCUT2D eigenvalue weighted by molar-refractivity contribution is 0.0781. The Labute approximate surface area is 141 Å². The summed E-state index contributed by atoms with van der Waals surface area (Å²) < 4.78 is 2.02. The quantitative estimate of drug-likeness (QED) is 0.931. The van der Waals surface area contributed by atoms with Gasteiger partial charge in [-0.15, -0.1) is 0 Å². The van der Waals surface area contributed by atoms with E-state index in [2.05, 4.69) is 21.1 Å². The molecule has 1 amide bonds. The molecule has 3 heterocycles. The molecule has 1 aliphatic heterocycles. The molecule has 0 saturated carbocycles. The van der Waals surface area contributed by atoms with Crippen LogP contribution in [-0.4, -0.2) is 43.6 Å². The molecule has 3 rings (SSSR count). The van der Waals surface area contributed by atoms with E-state index in [-0.39, 0.29) is 23.8 Å². The molecule has 0 bridgehead atoms. The monoisotopic (exact) mass is 328 g/mol. The van der Waals surface area contributed by atoms with Crippen LogP contribution in [0.25, 0.3) is 0 Å². The van der Waals surface area contributed by atoms with E-state index in [0.717, 1.165) is 23.5 Å². The van der Waals surface area contributed by atoms with Gasteiger partial charge in [-0.3, -0.25) is 9.48 Å². The molecule has 2 aromatic rings. The molecule has 1 unspecified atom stereocenters. The summed E-state index contributed by atoms with van der Waals surface area (Å²) in [6.45, 7) is 9.41. The zero-order valence-corrected chi connectivity index (χ0v) is 14.7. The summed E-state index contributed by atoms with van der Waals surface area (Å²) in [7, 11) is 0. The van der Waals surface area contributed by atoms with E-state index < -0.39 is 0 Å². The van der Waals surface area contributed by atoms with Gasteiger partial charge in [0.2, 0.25) is 5.95 Å². The largest absolute Gasteiger partial charge is 0.368 e. The van der Waals surface area contributed by atoms with Gasteiger partial charge in [0.1, 0.15) is 5.69 Å². The van der Waals surface area contributed by atoms with Gasteiger partial charge in [0, 0.05) is 24.5 Å². The van der Waals surface area contributed by atoms with Gasteiger partial charge < -0.3 is 10.6 Å². The number of nitrogens with zero attached hydrogens (tertiary/aromatic N) is 5. The summed E-state index contributed by atoms with van der Waals surface area (Å²) in [4.78, 5) is 23.0. The first-order valence-electron chi connectivity index (χ1n) is 8.31. The van der Waals surface area contributed by atoms with Gasteiger partial charge in [0.25, 0.3) is 5.91 Å². The second kappa shape index (κ2) is 6.22. The summed E-state index contributed by atoms with van der Waals surface area (Å²) in [5.41, 5.74) is 9.06. The third-order valence-electron chi connectivity index (χ3n) is 4.41. The Kier molecular flexibility index (Phi) is 4.26. The second-order valence-electron chi connectivity index (χ2n) is 6.76. The second-order valence-corrected chi connectivity index (χ2v) is 6.76. The van der Waals surface area contributed by atoms with Crippen molar-refractivity contribution in [3.05, 3.63) is 34.9 Å². The van der Waals surface area contributed by atoms with E-state index in [0.29, 0.717) is 18.8 Å². The van der Waals surface area contributed by atoms with Gasteiger partial charge in [0.15, 0.2) is 0 Å². The number of aromatic nitrogens is 4.